The topological polar surface area (TPSA) is 92.9 Å². The van der Waals surface area contributed by atoms with Crippen molar-refractivity contribution in [2.75, 3.05) is 17.7 Å². The lowest BCUT2D eigenvalue weighted by molar-refractivity contribution is -0.119. The maximum absolute atomic E-state index is 11.3. The van der Waals surface area contributed by atoms with Gasteiger partial charge in [0.15, 0.2) is 5.82 Å². The number of hydrogen-bond donors (Lipinski definition) is 3. The molecule has 0 aliphatic carbocycles. The van der Waals surface area contributed by atoms with Gasteiger partial charge in [0, 0.05) is 7.05 Å². The summed E-state index contributed by atoms with van der Waals surface area (Å²) in [7, 11) is 1.70. The summed E-state index contributed by atoms with van der Waals surface area (Å²) < 4.78 is 0. The summed E-state index contributed by atoms with van der Waals surface area (Å²) in [6.45, 7) is 3.77. The van der Waals surface area contributed by atoms with Crippen LogP contribution in [0.4, 0.5) is 11.8 Å². The molecule has 1 rings (SSSR count). The predicted molar refractivity (Wildman–Crippen MR) is 68.0 cm³/mol. The van der Waals surface area contributed by atoms with Gasteiger partial charge < -0.3 is 16.4 Å². The highest BCUT2D eigenvalue weighted by Crippen LogP contribution is 2.21. The van der Waals surface area contributed by atoms with Gasteiger partial charge in [-0.05, 0) is 5.92 Å². The second-order valence-corrected chi connectivity index (χ2v) is 4.32. The highest BCUT2D eigenvalue weighted by Gasteiger charge is 2.21. The van der Waals surface area contributed by atoms with Gasteiger partial charge in [0.05, 0.1) is 6.20 Å². The standard InChI is InChI=1S/C10H16ClN5O/c1-5(2)7(8(12)17)15-9-6(11)4-14-10(13-3)16-9/h4-5,7H,1-3H3,(H2,12,17)(H2,13,14,15,16). The lowest BCUT2D eigenvalue weighted by Crippen LogP contribution is -2.39. The van der Waals surface area contributed by atoms with Crippen molar-refractivity contribution >= 4 is 29.3 Å². The van der Waals surface area contributed by atoms with Gasteiger partial charge in [-0.15, -0.1) is 0 Å². The summed E-state index contributed by atoms with van der Waals surface area (Å²) in [5, 5.41) is 6.06. The molecule has 1 heterocycles. The summed E-state index contributed by atoms with van der Waals surface area (Å²) in [5.41, 5.74) is 5.30. The second kappa shape index (κ2) is 5.67. The number of nitrogens with two attached hydrogens (primary N) is 1. The van der Waals surface area contributed by atoms with Crippen LogP contribution in [0, 0.1) is 5.92 Å². The van der Waals surface area contributed by atoms with Gasteiger partial charge in [0.2, 0.25) is 11.9 Å². The van der Waals surface area contributed by atoms with Crippen LogP contribution < -0.4 is 16.4 Å². The van der Waals surface area contributed by atoms with Crippen molar-refractivity contribution in [2.24, 2.45) is 11.7 Å². The Morgan fingerprint density at radius 3 is 2.65 bits per heavy atom. The van der Waals surface area contributed by atoms with Crippen molar-refractivity contribution in [3.8, 4) is 0 Å². The van der Waals surface area contributed by atoms with E-state index >= 15 is 0 Å². The lowest BCUT2D eigenvalue weighted by atomic mass is 10.0. The molecule has 0 saturated heterocycles. The summed E-state index contributed by atoms with van der Waals surface area (Å²) in [6.07, 6.45) is 1.46. The molecule has 0 saturated carbocycles. The van der Waals surface area contributed by atoms with Crippen LogP contribution in [0.2, 0.25) is 5.02 Å². The summed E-state index contributed by atoms with van der Waals surface area (Å²) in [4.78, 5) is 19.3. The number of aromatic nitrogens is 2. The molecule has 6 nitrogen and oxygen atoms in total. The number of carbonyl (C=O) groups is 1. The first-order valence-electron chi connectivity index (χ1n) is 5.21. The minimum atomic E-state index is -0.521. The van der Waals surface area contributed by atoms with Gasteiger partial charge in [-0.1, -0.05) is 25.4 Å². The van der Waals surface area contributed by atoms with Crippen LogP contribution >= 0.6 is 11.6 Å². The van der Waals surface area contributed by atoms with Gasteiger partial charge in [0.25, 0.3) is 0 Å². The van der Waals surface area contributed by atoms with Crippen molar-refractivity contribution in [1.82, 2.24) is 9.97 Å². The van der Waals surface area contributed by atoms with Gasteiger partial charge in [-0.3, -0.25) is 4.79 Å². The fourth-order valence-corrected chi connectivity index (χ4v) is 1.45. The Hall–Kier alpha value is -1.56. The zero-order valence-corrected chi connectivity index (χ0v) is 10.7. The molecule has 0 bridgehead atoms. The molecule has 1 amide bonds. The van der Waals surface area contributed by atoms with E-state index in [0.717, 1.165) is 0 Å². The Morgan fingerprint density at radius 1 is 1.53 bits per heavy atom. The number of carbonyl (C=O) groups excluding carboxylic acids is 1. The van der Waals surface area contributed by atoms with Crippen molar-refractivity contribution in [2.45, 2.75) is 19.9 Å². The van der Waals surface area contributed by atoms with E-state index in [-0.39, 0.29) is 5.92 Å². The largest absolute Gasteiger partial charge is 0.368 e. The monoisotopic (exact) mass is 257 g/mol. The number of nitrogens with one attached hydrogen (secondary N) is 2. The summed E-state index contributed by atoms with van der Waals surface area (Å²) in [6, 6.07) is -0.521. The van der Waals surface area contributed by atoms with Crippen LogP contribution in [0.15, 0.2) is 6.20 Å². The summed E-state index contributed by atoms with van der Waals surface area (Å²) >= 11 is 5.94. The third kappa shape index (κ3) is 3.45. The van der Waals surface area contributed by atoms with Crippen LogP contribution in [-0.2, 0) is 4.79 Å². The number of amides is 1. The molecule has 1 unspecified atom stereocenters. The van der Waals surface area contributed by atoms with E-state index in [1.807, 2.05) is 13.8 Å². The van der Waals surface area contributed by atoms with Crippen LogP contribution in [0.3, 0.4) is 0 Å². The molecule has 0 aromatic carbocycles. The zero-order chi connectivity index (χ0) is 13.0. The fraction of sp³-hybridized carbons (Fsp3) is 0.500. The Bertz CT molecular complexity index is 410. The minimum absolute atomic E-state index is 0.0385. The number of rotatable bonds is 5. The molecular formula is C10H16ClN5O. The molecule has 4 N–H and O–H groups in total. The molecule has 1 aromatic rings. The van der Waals surface area contributed by atoms with Gasteiger partial charge >= 0.3 is 0 Å². The predicted octanol–water partition coefficient (Wildman–Crippen LogP) is 1.09. The molecule has 0 fully saturated rings. The molecule has 0 aliphatic heterocycles. The molecule has 0 radical (unpaired) electrons. The molecular weight excluding hydrogens is 242 g/mol. The molecule has 1 atom stereocenters. The number of primary amides is 1. The third-order valence-electron chi connectivity index (χ3n) is 2.23. The molecule has 0 spiro atoms. The third-order valence-corrected chi connectivity index (χ3v) is 2.51. The van der Waals surface area contributed by atoms with Crippen LogP contribution in [0.25, 0.3) is 0 Å². The Kier molecular flexibility index (Phi) is 4.51. The first-order chi connectivity index (χ1) is 7.95. The first-order valence-corrected chi connectivity index (χ1v) is 5.59. The van der Waals surface area contributed by atoms with Crippen molar-refractivity contribution in [3.63, 3.8) is 0 Å². The Labute approximate surface area is 105 Å². The van der Waals surface area contributed by atoms with E-state index in [1.165, 1.54) is 6.20 Å². The molecule has 17 heavy (non-hydrogen) atoms. The van der Waals surface area contributed by atoms with Gasteiger partial charge in [-0.25, -0.2) is 4.98 Å². The Morgan fingerprint density at radius 2 is 2.18 bits per heavy atom. The van der Waals surface area contributed by atoms with E-state index in [2.05, 4.69) is 20.6 Å². The number of hydrogen-bond acceptors (Lipinski definition) is 5. The molecule has 94 valence electrons. The lowest BCUT2D eigenvalue weighted by Gasteiger charge is -2.20. The smallest absolute Gasteiger partial charge is 0.240 e. The molecule has 0 aliphatic rings. The van der Waals surface area contributed by atoms with E-state index in [1.54, 1.807) is 7.05 Å². The average molecular weight is 258 g/mol. The maximum atomic E-state index is 11.3. The van der Waals surface area contributed by atoms with Gasteiger partial charge in [-0.2, -0.15) is 4.98 Å². The molecule has 7 heteroatoms. The highest BCUT2D eigenvalue weighted by molar-refractivity contribution is 6.32. The SMILES string of the molecule is CNc1ncc(Cl)c(NC(C(N)=O)C(C)C)n1. The fourth-order valence-electron chi connectivity index (χ4n) is 1.30. The van der Waals surface area contributed by atoms with Crippen molar-refractivity contribution < 1.29 is 4.79 Å². The quantitative estimate of drug-likeness (QED) is 0.734. The number of nitrogens with zero attached hydrogens (tertiary/aromatic N) is 2. The number of anilines is 2. The minimum Gasteiger partial charge on any atom is -0.368 e. The van der Waals surface area contributed by atoms with E-state index in [9.17, 15) is 4.79 Å². The van der Waals surface area contributed by atoms with E-state index in [4.69, 9.17) is 17.3 Å². The normalized spacial score (nSPS) is 12.3. The van der Waals surface area contributed by atoms with Crippen molar-refractivity contribution in [1.29, 1.82) is 0 Å². The number of halogens is 1. The summed E-state index contributed by atoms with van der Waals surface area (Å²) in [5.74, 6) is 0.407. The van der Waals surface area contributed by atoms with Crippen LogP contribution in [0.1, 0.15) is 13.8 Å². The van der Waals surface area contributed by atoms with Crippen LogP contribution in [0.5, 0.6) is 0 Å². The molecule has 1 aromatic heterocycles. The van der Waals surface area contributed by atoms with Gasteiger partial charge in [0.1, 0.15) is 11.1 Å². The highest BCUT2D eigenvalue weighted by atomic mass is 35.5. The average Bonchev–Trinajstić information content (AvgIpc) is 2.27. The van der Waals surface area contributed by atoms with Crippen LogP contribution in [-0.4, -0.2) is 29.0 Å². The zero-order valence-electron chi connectivity index (χ0n) is 9.99. The van der Waals surface area contributed by atoms with Crippen molar-refractivity contribution in [3.05, 3.63) is 11.2 Å². The first kappa shape index (κ1) is 13.5. The van der Waals surface area contributed by atoms with E-state index in [0.29, 0.717) is 16.8 Å². The van der Waals surface area contributed by atoms with E-state index < -0.39 is 11.9 Å². The Balaban J connectivity index is 2.96. The maximum Gasteiger partial charge on any atom is 0.240 e. The second-order valence-electron chi connectivity index (χ2n) is 3.91.